The molecular weight excluding hydrogens is 360 g/mol. The van der Waals surface area contributed by atoms with Gasteiger partial charge in [-0.05, 0) is 43.0 Å². The van der Waals surface area contributed by atoms with Gasteiger partial charge in [0, 0.05) is 44.2 Å². The van der Waals surface area contributed by atoms with Crippen LogP contribution in [-0.2, 0) is 19.4 Å². The number of nitrogens with one attached hydrogen (secondary N) is 1. The van der Waals surface area contributed by atoms with E-state index in [9.17, 15) is 0 Å². The van der Waals surface area contributed by atoms with Gasteiger partial charge < -0.3 is 19.7 Å². The van der Waals surface area contributed by atoms with E-state index in [1.807, 2.05) is 14.0 Å². The van der Waals surface area contributed by atoms with Crippen LogP contribution in [0.5, 0.6) is 11.5 Å². The van der Waals surface area contributed by atoms with E-state index in [4.69, 9.17) is 9.47 Å². The number of aliphatic imine (C=N–C) groups is 1. The minimum absolute atomic E-state index is 0.778. The van der Waals surface area contributed by atoms with Crippen molar-refractivity contribution in [1.29, 1.82) is 0 Å². The zero-order valence-electron chi connectivity index (χ0n) is 16.5. The Labute approximate surface area is 165 Å². The molecule has 0 fully saturated rings. The molecule has 0 radical (unpaired) electrons. The van der Waals surface area contributed by atoms with Gasteiger partial charge in [-0.25, -0.2) is 4.98 Å². The maximum Gasteiger partial charge on any atom is 0.193 e. The second-order valence-electron chi connectivity index (χ2n) is 6.61. The predicted octanol–water partition coefficient (Wildman–Crippen LogP) is 3.04. The van der Waals surface area contributed by atoms with E-state index in [-0.39, 0.29) is 0 Å². The fraction of sp³-hybridized carbons (Fsp3) is 0.500. The Hall–Kier alpha value is -2.28. The van der Waals surface area contributed by atoms with Crippen LogP contribution in [0.25, 0.3) is 0 Å². The first-order chi connectivity index (χ1) is 13.1. The first-order valence-corrected chi connectivity index (χ1v) is 10.1. The monoisotopic (exact) mass is 388 g/mol. The highest BCUT2D eigenvalue weighted by atomic mass is 32.1. The fourth-order valence-electron chi connectivity index (χ4n) is 3.35. The highest BCUT2D eigenvalue weighted by Crippen LogP contribution is 2.33. The molecule has 3 rings (SSSR count). The van der Waals surface area contributed by atoms with E-state index < -0.39 is 0 Å². The molecule has 0 unspecified atom stereocenters. The zero-order chi connectivity index (χ0) is 19.2. The van der Waals surface area contributed by atoms with Crippen molar-refractivity contribution >= 4 is 17.3 Å². The molecular formula is C20H28N4O2S. The van der Waals surface area contributed by atoms with E-state index in [0.29, 0.717) is 0 Å². The zero-order valence-corrected chi connectivity index (χ0v) is 17.4. The molecule has 1 aliphatic heterocycles. The molecule has 27 heavy (non-hydrogen) atoms. The number of guanidine groups is 1. The molecule has 0 saturated heterocycles. The summed E-state index contributed by atoms with van der Waals surface area (Å²) in [4.78, 5) is 11.3. The van der Waals surface area contributed by atoms with E-state index >= 15 is 0 Å². The highest BCUT2D eigenvalue weighted by Gasteiger charge is 2.21. The molecule has 1 N–H and O–H groups in total. The lowest BCUT2D eigenvalue weighted by Crippen LogP contribution is -2.44. The first-order valence-electron chi connectivity index (χ1n) is 9.25. The number of fused-ring (bicyclic) bond motifs is 1. The maximum atomic E-state index is 5.45. The van der Waals surface area contributed by atoms with Crippen LogP contribution in [0.1, 0.15) is 28.2 Å². The van der Waals surface area contributed by atoms with Crippen molar-refractivity contribution in [1.82, 2.24) is 15.2 Å². The van der Waals surface area contributed by atoms with Gasteiger partial charge in [0.25, 0.3) is 0 Å². The number of hydrogen-bond donors (Lipinski definition) is 1. The summed E-state index contributed by atoms with van der Waals surface area (Å²) in [6.45, 7) is 4.69. The number of nitrogens with zero attached hydrogens (tertiary/aromatic N) is 3. The summed E-state index contributed by atoms with van der Waals surface area (Å²) in [5.74, 6) is 2.52. The third-order valence-corrected chi connectivity index (χ3v) is 5.77. The lowest BCUT2D eigenvalue weighted by atomic mass is 9.99. The molecule has 2 heterocycles. The molecule has 0 atom stereocenters. The average Bonchev–Trinajstić information content (AvgIpc) is 3.11. The summed E-state index contributed by atoms with van der Waals surface area (Å²) < 4.78 is 10.9. The van der Waals surface area contributed by atoms with Crippen LogP contribution in [-0.4, -0.2) is 50.2 Å². The summed E-state index contributed by atoms with van der Waals surface area (Å²) in [6.07, 6.45) is 3.01. The Kier molecular flexibility index (Phi) is 6.55. The molecule has 6 nitrogen and oxygen atoms in total. The summed E-state index contributed by atoms with van der Waals surface area (Å²) in [5.41, 5.74) is 3.69. The number of hydrogen-bond acceptors (Lipinski definition) is 5. The van der Waals surface area contributed by atoms with E-state index in [1.54, 1.807) is 25.6 Å². The Morgan fingerprint density at radius 1 is 1.26 bits per heavy atom. The van der Waals surface area contributed by atoms with Crippen molar-refractivity contribution < 1.29 is 9.47 Å². The van der Waals surface area contributed by atoms with Crippen LogP contribution in [0.4, 0.5) is 0 Å². The Bertz CT molecular complexity index is 803. The van der Waals surface area contributed by atoms with Crippen molar-refractivity contribution in [3.8, 4) is 11.5 Å². The smallest absolute Gasteiger partial charge is 0.193 e. The molecule has 146 valence electrons. The predicted molar refractivity (Wildman–Crippen MR) is 110 cm³/mol. The van der Waals surface area contributed by atoms with Crippen LogP contribution >= 0.6 is 11.3 Å². The molecule has 7 heteroatoms. The minimum Gasteiger partial charge on any atom is -0.493 e. The lowest BCUT2D eigenvalue weighted by Gasteiger charge is -2.32. The van der Waals surface area contributed by atoms with E-state index in [2.05, 4.69) is 37.7 Å². The second-order valence-corrected chi connectivity index (χ2v) is 7.55. The van der Waals surface area contributed by atoms with Gasteiger partial charge in [-0.15, -0.1) is 11.3 Å². The van der Waals surface area contributed by atoms with Gasteiger partial charge in [0.2, 0.25) is 0 Å². The van der Waals surface area contributed by atoms with Gasteiger partial charge >= 0.3 is 0 Å². The van der Waals surface area contributed by atoms with Gasteiger partial charge in [0.15, 0.2) is 17.5 Å². The summed E-state index contributed by atoms with van der Waals surface area (Å²) >= 11 is 1.74. The third-order valence-electron chi connectivity index (χ3n) is 4.75. The number of thiazole rings is 1. The molecule has 2 aromatic rings. The van der Waals surface area contributed by atoms with E-state index in [1.165, 1.54) is 16.1 Å². The molecule has 0 amide bonds. The second kappa shape index (κ2) is 9.08. The Balaban J connectivity index is 1.57. The highest BCUT2D eigenvalue weighted by molar-refractivity contribution is 7.09. The molecule has 1 aromatic carbocycles. The fourth-order valence-corrected chi connectivity index (χ4v) is 4.17. The van der Waals surface area contributed by atoms with Crippen LogP contribution in [0, 0.1) is 6.92 Å². The molecule has 0 bridgehead atoms. The maximum absolute atomic E-state index is 5.45. The van der Waals surface area contributed by atoms with Gasteiger partial charge in [0.05, 0.1) is 19.2 Å². The number of methoxy groups -OCH3 is 2. The van der Waals surface area contributed by atoms with Crippen molar-refractivity contribution in [3.63, 3.8) is 0 Å². The normalized spacial score (nSPS) is 14.1. The Morgan fingerprint density at radius 3 is 2.63 bits per heavy atom. The Morgan fingerprint density at radius 2 is 2.00 bits per heavy atom. The molecule has 0 aliphatic carbocycles. The first kappa shape index (κ1) is 19.5. The molecule has 0 spiro atoms. The number of aryl methyl sites for hydroxylation is 2. The summed E-state index contributed by atoms with van der Waals surface area (Å²) in [5, 5.41) is 6.81. The van der Waals surface area contributed by atoms with Gasteiger partial charge in [0.1, 0.15) is 0 Å². The minimum atomic E-state index is 0.778. The summed E-state index contributed by atoms with van der Waals surface area (Å²) in [6, 6.07) is 4.18. The van der Waals surface area contributed by atoms with Crippen LogP contribution in [0.15, 0.2) is 22.5 Å². The van der Waals surface area contributed by atoms with Crippen molar-refractivity contribution in [2.45, 2.75) is 32.7 Å². The van der Waals surface area contributed by atoms with Crippen molar-refractivity contribution in [2.75, 3.05) is 34.4 Å². The largest absolute Gasteiger partial charge is 0.493 e. The number of rotatable bonds is 6. The standard InChI is InChI=1S/C20H28N4O2S/c1-14-13-27-19(23-14)6-5-8-22-20(21-2)24-9-7-15-10-17(25-3)18(26-4)11-16(15)12-24/h10-11,13H,5-9,12H2,1-4H3,(H,21,22). The van der Waals surface area contributed by atoms with Gasteiger partial charge in [-0.2, -0.15) is 0 Å². The quantitative estimate of drug-likeness (QED) is 0.468. The molecule has 0 saturated carbocycles. The van der Waals surface area contributed by atoms with Crippen LogP contribution < -0.4 is 14.8 Å². The molecule has 1 aromatic heterocycles. The van der Waals surface area contributed by atoms with Crippen molar-refractivity contribution in [2.24, 2.45) is 4.99 Å². The number of benzene rings is 1. The van der Waals surface area contributed by atoms with Gasteiger partial charge in [-0.3, -0.25) is 4.99 Å². The van der Waals surface area contributed by atoms with Crippen LogP contribution in [0.2, 0.25) is 0 Å². The SMILES string of the molecule is CN=C(NCCCc1nc(C)cs1)N1CCc2cc(OC)c(OC)cc2C1. The average molecular weight is 389 g/mol. The van der Waals surface area contributed by atoms with Gasteiger partial charge in [-0.1, -0.05) is 0 Å². The molecule has 1 aliphatic rings. The topological polar surface area (TPSA) is 59.0 Å². The van der Waals surface area contributed by atoms with Crippen LogP contribution in [0.3, 0.4) is 0 Å². The summed E-state index contributed by atoms with van der Waals surface area (Å²) in [7, 11) is 5.20. The lowest BCUT2D eigenvalue weighted by molar-refractivity contribution is 0.346. The van der Waals surface area contributed by atoms with Crippen molar-refractivity contribution in [3.05, 3.63) is 39.3 Å². The van der Waals surface area contributed by atoms with E-state index in [0.717, 1.165) is 62.0 Å². The third kappa shape index (κ3) is 4.71. The number of ether oxygens (including phenoxy) is 2. The number of aromatic nitrogens is 1.